The maximum atomic E-state index is 3.76. The third-order valence-corrected chi connectivity index (χ3v) is 6.30. The van der Waals surface area contributed by atoms with E-state index in [9.17, 15) is 0 Å². The minimum atomic E-state index is 0.410. The predicted molar refractivity (Wildman–Crippen MR) is 98.1 cm³/mol. The summed E-state index contributed by atoms with van der Waals surface area (Å²) in [5.74, 6) is 0.900. The van der Waals surface area contributed by atoms with Gasteiger partial charge >= 0.3 is 0 Å². The van der Waals surface area contributed by atoms with E-state index in [0.717, 1.165) is 17.7 Å². The first-order valence-electron chi connectivity index (χ1n) is 8.29. The van der Waals surface area contributed by atoms with Crippen LogP contribution in [0.4, 0.5) is 0 Å². The van der Waals surface area contributed by atoms with Crippen LogP contribution in [0.25, 0.3) is 0 Å². The second-order valence-corrected chi connectivity index (χ2v) is 8.60. The van der Waals surface area contributed by atoms with Gasteiger partial charge in [-0.2, -0.15) is 0 Å². The lowest BCUT2D eigenvalue weighted by Crippen LogP contribution is -2.19. The second kappa shape index (κ2) is 8.59. The van der Waals surface area contributed by atoms with E-state index >= 15 is 0 Å². The van der Waals surface area contributed by atoms with Gasteiger partial charge in [-0.15, -0.1) is 11.8 Å². The van der Waals surface area contributed by atoms with Crippen LogP contribution in [-0.2, 0) is 0 Å². The van der Waals surface area contributed by atoms with E-state index in [-0.39, 0.29) is 0 Å². The number of halogens is 1. The molecule has 0 saturated heterocycles. The molecule has 0 aliphatic heterocycles. The standard InChI is InChI=1S/C18H28BrNS/c1-4-10-20-14(3)17-9-8-16(12-18(17)19)21-15-7-5-6-13(2)11-15/h8-9,12-15,20H,4-7,10-11H2,1-3H3. The highest BCUT2D eigenvalue weighted by molar-refractivity contribution is 9.10. The average Bonchev–Trinajstić information content (AvgIpc) is 2.45. The van der Waals surface area contributed by atoms with Gasteiger partial charge in [0, 0.05) is 20.7 Å². The fourth-order valence-electron chi connectivity index (χ4n) is 3.08. The Balaban J connectivity index is 1.98. The molecule has 0 bridgehead atoms. The largest absolute Gasteiger partial charge is 0.310 e. The lowest BCUT2D eigenvalue weighted by atomic mass is 9.91. The fraction of sp³-hybridized carbons (Fsp3) is 0.667. The van der Waals surface area contributed by atoms with Crippen molar-refractivity contribution in [1.29, 1.82) is 0 Å². The van der Waals surface area contributed by atoms with Gasteiger partial charge < -0.3 is 5.32 Å². The van der Waals surface area contributed by atoms with Gasteiger partial charge in [0.2, 0.25) is 0 Å². The summed E-state index contributed by atoms with van der Waals surface area (Å²) in [5, 5.41) is 4.37. The molecule has 1 saturated carbocycles. The van der Waals surface area contributed by atoms with Crippen molar-refractivity contribution < 1.29 is 0 Å². The van der Waals surface area contributed by atoms with Crippen LogP contribution >= 0.6 is 27.7 Å². The van der Waals surface area contributed by atoms with E-state index in [4.69, 9.17) is 0 Å². The zero-order valence-corrected chi connectivity index (χ0v) is 15.9. The van der Waals surface area contributed by atoms with Gasteiger partial charge in [-0.25, -0.2) is 0 Å². The molecule has 118 valence electrons. The van der Waals surface area contributed by atoms with Gasteiger partial charge in [0.15, 0.2) is 0 Å². The highest BCUT2D eigenvalue weighted by Crippen LogP contribution is 2.37. The summed E-state index contributed by atoms with van der Waals surface area (Å²) in [4.78, 5) is 1.41. The number of hydrogen-bond acceptors (Lipinski definition) is 2. The van der Waals surface area contributed by atoms with Gasteiger partial charge in [0.25, 0.3) is 0 Å². The highest BCUT2D eigenvalue weighted by Gasteiger charge is 2.20. The van der Waals surface area contributed by atoms with Crippen LogP contribution in [0.2, 0.25) is 0 Å². The van der Waals surface area contributed by atoms with Gasteiger partial charge in [-0.3, -0.25) is 0 Å². The Bertz CT molecular complexity index is 449. The molecule has 1 N–H and O–H groups in total. The van der Waals surface area contributed by atoms with E-state index in [1.165, 1.54) is 47.0 Å². The van der Waals surface area contributed by atoms with Crippen LogP contribution in [0.5, 0.6) is 0 Å². The number of thioether (sulfide) groups is 1. The zero-order valence-electron chi connectivity index (χ0n) is 13.5. The molecule has 0 heterocycles. The minimum Gasteiger partial charge on any atom is -0.310 e. The summed E-state index contributed by atoms with van der Waals surface area (Å²) in [6.07, 6.45) is 6.74. The molecule has 0 aromatic heterocycles. The van der Waals surface area contributed by atoms with Gasteiger partial charge in [-0.1, -0.05) is 48.7 Å². The maximum absolute atomic E-state index is 3.76. The Morgan fingerprint density at radius 1 is 1.38 bits per heavy atom. The van der Waals surface area contributed by atoms with Crippen LogP contribution in [0.15, 0.2) is 27.6 Å². The summed E-state index contributed by atoms with van der Waals surface area (Å²) in [7, 11) is 0. The molecule has 21 heavy (non-hydrogen) atoms. The molecule has 1 aromatic rings. The number of hydrogen-bond donors (Lipinski definition) is 1. The van der Waals surface area contributed by atoms with Crippen molar-refractivity contribution in [3.63, 3.8) is 0 Å². The number of rotatable bonds is 6. The molecule has 3 atom stereocenters. The van der Waals surface area contributed by atoms with Gasteiger partial charge in [-0.05, 0) is 56.3 Å². The molecular formula is C18H28BrNS. The minimum absolute atomic E-state index is 0.410. The topological polar surface area (TPSA) is 12.0 Å². The highest BCUT2D eigenvalue weighted by atomic mass is 79.9. The summed E-state index contributed by atoms with van der Waals surface area (Å²) < 4.78 is 1.24. The molecule has 3 heteroatoms. The lowest BCUT2D eigenvalue weighted by molar-refractivity contribution is 0.394. The van der Waals surface area contributed by atoms with E-state index in [1.54, 1.807) is 0 Å². The number of benzene rings is 1. The zero-order chi connectivity index (χ0) is 15.2. The average molecular weight is 370 g/mol. The van der Waals surface area contributed by atoms with E-state index in [0.29, 0.717) is 6.04 Å². The van der Waals surface area contributed by atoms with Gasteiger partial charge in [0.1, 0.15) is 0 Å². The molecule has 1 aliphatic carbocycles. The summed E-state index contributed by atoms with van der Waals surface area (Å²) in [5.41, 5.74) is 1.37. The van der Waals surface area contributed by atoms with Crippen molar-refractivity contribution in [2.24, 2.45) is 5.92 Å². The van der Waals surface area contributed by atoms with Crippen molar-refractivity contribution in [3.05, 3.63) is 28.2 Å². The Kier molecular flexibility index (Phi) is 7.11. The van der Waals surface area contributed by atoms with Crippen molar-refractivity contribution in [2.75, 3.05) is 6.54 Å². The summed E-state index contributed by atoms with van der Waals surface area (Å²) in [6, 6.07) is 7.30. The van der Waals surface area contributed by atoms with E-state index < -0.39 is 0 Å². The normalized spacial score (nSPS) is 24.0. The lowest BCUT2D eigenvalue weighted by Gasteiger charge is -2.26. The predicted octanol–water partition coefficient (Wildman–Crippen LogP) is 6.18. The van der Waals surface area contributed by atoms with Crippen molar-refractivity contribution >= 4 is 27.7 Å². The Hall–Kier alpha value is 0.01000. The van der Waals surface area contributed by atoms with Crippen molar-refractivity contribution in [1.82, 2.24) is 5.32 Å². The molecule has 0 spiro atoms. The summed E-state index contributed by atoms with van der Waals surface area (Å²) >= 11 is 5.83. The third kappa shape index (κ3) is 5.30. The van der Waals surface area contributed by atoms with E-state index in [1.807, 2.05) is 0 Å². The Morgan fingerprint density at radius 3 is 2.86 bits per heavy atom. The Morgan fingerprint density at radius 2 is 2.19 bits per heavy atom. The molecule has 1 aliphatic rings. The fourth-order valence-corrected chi connectivity index (χ4v) is 5.38. The quantitative estimate of drug-likeness (QED) is 0.642. The van der Waals surface area contributed by atoms with Gasteiger partial charge in [0.05, 0.1) is 0 Å². The molecule has 3 unspecified atom stereocenters. The molecule has 2 rings (SSSR count). The first-order chi connectivity index (χ1) is 10.1. The monoisotopic (exact) mass is 369 g/mol. The Labute approximate surface area is 142 Å². The van der Waals surface area contributed by atoms with E-state index in [2.05, 4.69) is 72.0 Å². The molecule has 0 amide bonds. The maximum Gasteiger partial charge on any atom is 0.0302 e. The molecular weight excluding hydrogens is 342 g/mol. The number of nitrogens with one attached hydrogen (secondary N) is 1. The van der Waals surface area contributed by atoms with Crippen LogP contribution in [0.1, 0.15) is 64.5 Å². The molecule has 1 nitrogen and oxygen atoms in total. The molecule has 0 radical (unpaired) electrons. The molecule has 1 fully saturated rings. The van der Waals surface area contributed by atoms with Crippen molar-refractivity contribution in [2.45, 2.75) is 69.1 Å². The van der Waals surface area contributed by atoms with Crippen LogP contribution in [0, 0.1) is 5.92 Å². The first-order valence-corrected chi connectivity index (χ1v) is 9.97. The SMILES string of the molecule is CCCNC(C)c1ccc(SC2CCCC(C)C2)cc1Br. The first kappa shape index (κ1) is 17.4. The van der Waals surface area contributed by atoms with Crippen LogP contribution in [0.3, 0.4) is 0 Å². The third-order valence-electron chi connectivity index (χ3n) is 4.33. The smallest absolute Gasteiger partial charge is 0.0302 e. The van der Waals surface area contributed by atoms with Crippen LogP contribution in [-0.4, -0.2) is 11.8 Å². The summed E-state index contributed by atoms with van der Waals surface area (Å²) in [6.45, 7) is 7.92. The van der Waals surface area contributed by atoms with Crippen molar-refractivity contribution in [3.8, 4) is 0 Å². The van der Waals surface area contributed by atoms with Crippen LogP contribution < -0.4 is 5.32 Å². The second-order valence-electron chi connectivity index (χ2n) is 6.37. The molecule has 1 aromatic carbocycles.